The number of phosphoric ester groups is 2. The highest BCUT2D eigenvalue weighted by molar-refractivity contribution is 7.46. The molecule has 3 heterocycles. The minimum absolute atomic E-state index is 0.0809. The molecule has 6 aromatic rings. The number of rotatable bonds is 11. The van der Waals surface area contributed by atoms with Gasteiger partial charge >= 0.3 is 27.6 Å². The highest BCUT2D eigenvalue weighted by Gasteiger charge is 2.32. The zero-order valence-electron chi connectivity index (χ0n) is 26.7. The van der Waals surface area contributed by atoms with Crippen molar-refractivity contribution in [1.29, 1.82) is 0 Å². The van der Waals surface area contributed by atoms with Crippen molar-refractivity contribution in [2.75, 3.05) is 7.11 Å². The Kier molecular flexibility index (Phi) is 9.22. The van der Waals surface area contributed by atoms with Gasteiger partial charge in [-0.1, -0.05) is 24.3 Å². The first-order valence-corrected chi connectivity index (χ1v) is 17.6. The number of aromatic nitrogens is 3. The number of nitrogens with zero attached hydrogens (tertiary/aromatic N) is 3. The van der Waals surface area contributed by atoms with Crippen LogP contribution in [0.3, 0.4) is 0 Å². The Hall–Kier alpha value is -5.16. The molecule has 0 radical (unpaired) electrons. The monoisotopic (exact) mass is 743 g/mol. The molecule has 0 saturated carbocycles. The van der Waals surface area contributed by atoms with Gasteiger partial charge in [0.1, 0.15) is 5.75 Å². The molecule has 0 amide bonds. The van der Waals surface area contributed by atoms with Gasteiger partial charge < -0.3 is 42.9 Å². The molecule has 0 unspecified atom stereocenters. The molecule has 266 valence electrons. The number of phosphoric acid groups is 2. The molecule has 4 N–H and O–H groups in total. The van der Waals surface area contributed by atoms with Crippen molar-refractivity contribution < 1.29 is 61.6 Å². The molecule has 51 heavy (non-hydrogen) atoms. The molecule has 0 fully saturated rings. The Morgan fingerprint density at radius 3 is 1.35 bits per heavy atom. The van der Waals surface area contributed by atoms with E-state index in [0.29, 0.717) is 33.4 Å². The third-order valence-electron chi connectivity index (χ3n) is 7.89. The van der Waals surface area contributed by atoms with Crippen LogP contribution in [-0.2, 0) is 45.5 Å². The maximum absolute atomic E-state index is 14.0. The van der Waals surface area contributed by atoms with E-state index in [-0.39, 0.29) is 22.2 Å². The van der Waals surface area contributed by atoms with Crippen molar-refractivity contribution in [3.8, 4) is 17.2 Å². The van der Waals surface area contributed by atoms with Gasteiger partial charge in [0.2, 0.25) is 11.5 Å². The maximum atomic E-state index is 14.0. The number of ether oxygens (including phenoxy) is 3. The van der Waals surface area contributed by atoms with Crippen LogP contribution in [0.4, 0.5) is 0 Å². The molecule has 0 aliphatic heterocycles. The van der Waals surface area contributed by atoms with Gasteiger partial charge in [-0.3, -0.25) is 23.0 Å². The van der Waals surface area contributed by atoms with Gasteiger partial charge in [0.15, 0.2) is 11.0 Å². The topological polar surface area (TPSA) is 244 Å². The average molecular weight is 744 g/mol. The van der Waals surface area contributed by atoms with Crippen LogP contribution in [0.1, 0.15) is 31.8 Å². The Morgan fingerprint density at radius 1 is 0.647 bits per heavy atom. The van der Waals surface area contributed by atoms with E-state index in [4.69, 9.17) is 33.8 Å². The lowest BCUT2D eigenvalue weighted by molar-refractivity contribution is 0.0687. The van der Waals surface area contributed by atoms with E-state index in [1.807, 2.05) is 0 Å². The number of hydrogen-bond donors (Lipinski definition) is 4. The van der Waals surface area contributed by atoms with E-state index in [1.165, 1.54) is 83.3 Å². The van der Waals surface area contributed by atoms with Gasteiger partial charge in [0, 0.05) is 26.2 Å². The lowest BCUT2D eigenvalue weighted by atomic mass is 10.1. The SMILES string of the molecule is COc1cc2c3c(c1)n(C)c(=O)c1c(OC(=O)c4ccc(COP(=O)(O)O)cc4)c(OC(=O)c4ccc(COP(=O)(O)O)cc4)c(c(=O)n2C)n13. The molecule has 20 heteroatoms. The number of hydrogen-bond acceptors (Lipinski definition) is 11. The summed E-state index contributed by atoms with van der Waals surface area (Å²) in [5.74, 6) is -2.83. The van der Waals surface area contributed by atoms with Crippen LogP contribution in [0.15, 0.2) is 70.3 Å². The lowest BCUT2D eigenvalue weighted by Gasteiger charge is -2.16. The molecule has 0 saturated heterocycles. The minimum Gasteiger partial charge on any atom is -0.497 e. The third kappa shape index (κ3) is 6.95. The molecule has 0 atom stereocenters. The number of carbonyl (C=O) groups excluding carboxylic acids is 2. The first-order valence-electron chi connectivity index (χ1n) is 14.6. The normalized spacial score (nSPS) is 12.2. The zero-order chi connectivity index (χ0) is 37.0. The van der Waals surface area contributed by atoms with Gasteiger partial charge in [-0.15, -0.1) is 0 Å². The summed E-state index contributed by atoms with van der Waals surface area (Å²) in [4.78, 5) is 91.0. The maximum Gasteiger partial charge on any atom is 0.469 e. The predicted octanol–water partition coefficient (Wildman–Crippen LogP) is 2.75. The van der Waals surface area contributed by atoms with Crippen LogP contribution in [0.25, 0.3) is 27.6 Å². The van der Waals surface area contributed by atoms with Crippen molar-refractivity contribution in [3.63, 3.8) is 0 Å². The fourth-order valence-electron chi connectivity index (χ4n) is 5.40. The molecule has 0 spiro atoms. The van der Waals surface area contributed by atoms with E-state index < -0.39 is 63.4 Å². The molecule has 0 aliphatic carbocycles. The van der Waals surface area contributed by atoms with Gasteiger partial charge in [-0.2, -0.15) is 0 Å². The smallest absolute Gasteiger partial charge is 0.469 e. The Labute approximate surface area is 285 Å². The van der Waals surface area contributed by atoms with Gasteiger partial charge in [0.05, 0.1) is 48.0 Å². The number of aryl methyl sites for hydroxylation is 2. The summed E-state index contributed by atoms with van der Waals surface area (Å²) >= 11 is 0. The Balaban J connectivity index is 1.50. The third-order valence-corrected chi connectivity index (χ3v) is 8.82. The highest BCUT2D eigenvalue weighted by atomic mass is 31.2. The van der Waals surface area contributed by atoms with Crippen LogP contribution in [0.5, 0.6) is 17.2 Å². The van der Waals surface area contributed by atoms with Crippen molar-refractivity contribution in [2.45, 2.75) is 13.2 Å². The number of benzene rings is 3. The summed E-state index contributed by atoms with van der Waals surface area (Å²) in [6.07, 6.45) is 0. The standard InChI is InChI=1S/C31H27N3O15P2/c1-32-21-12-20(45-3)13-22-23(21)34-24(28(32)35)26(48-30(37)18-8-4-16(5-9-18)14-46-50(39,40)41)27(25(34)29(36)33(22)2)49-31(38)19-10-6-17(7-11-19)15-47-51(42,43)44/h4-13H,14-15H2,1-3H3,(H2,39,40,41)(H2,42,43,44). The minimum atomic E-state index is -4.76. The molecular formula is C31H27N3O15P2. The van der Waals surface area contributed by atoms with E-state index in [1.54, 1.807) is 12.1 Å². The lowest BCUT2D eigenvalue weighted by Crippen LogP contribution is -2.26. The molecule has 3 aromatic heterocycles. The van der Waals surface area contributed by atoms with Crippen molar-refractivity contribution in [2.24, 2.45) is 14.1 Å². The van der Waals surface area contributed by atoms with Crippen molar-refractivity contribution >= 4 is 55.2 Å². The summed E-state index contributed by atoms with van der Waals surface area (Å²) in [7, 11) is -5.19. The molecule has 3 aromatic carbocycles. The predicted molar refractivity (Wildman–Crippen MR) is 177 cm³/mol. The Bertz CT molecular complexity index is 2390. The zero-order valence-corrected chi connectivity index (χ0v) is 28.5. The summed E-state index contributed by atoms with van der Waals surface area (Å²) in [5, 5.41) is 0. The molecule has 0 aliphatic rings. The number of methoxy groups -OCH3 is 1. The second-order valence-electron chi connectivity index (χ2n) is 11.1. The van der Waals surface area contributed by atoms with Crippen LogP contribution in [0.2, 0.25) is 0 Å². The van der Waals surface area contributed by atoms with E-state index in [0.717, 1.165) is 0 Å². The van der Waals surface area contributed by atoms with Gasteiger partial charge in [-0.25, -0.2) is 18.7 Å². The summed E-state index contributed by atoms with van der Waals surface area (Å²) in [6, 6.07) is 13.6. The van der Waals surface area contributed by atoms with Gasteiger partial charge in [0.25, 0.3) is 11.1 Å². The summed E-state index contributed by atoms with van der Waals surface area (Å²) < 4.78 is 51.7. The quantitative estimate of drug-likeness (QED) is 0.110. The molecule has 6 rings (SSSR count). The molecule has 18 nitrogen and oxygen atoms in total. The fourth-order valence-corrected chi connectivity index (χ4v) is 6.03. The van der Waals surface area contributed by atoms with E-state index >= 15 is 0 Å². The molecule has 0 bridgehead atoms. The van der Waals surface area contributed by atoms with Crippen LogP contribution >= 0.6 is 15.6 Å². The fraction of sp³-hybridized carbons (Fsp3) is 0.161. The molecular weight excluding hydrogens is 716 g/mol. The van der Waals surface area contributed by atoms with E-state index in [2.05, 4.69) is 9.05 Å². The number of esters is 2. The largest absolute Gasteiger partial charge is 0.497 e. The Morgan fingerprint density at radius 2 is 1.02 bits per heavy atom. The summed E-state index contributed by atoms with van der Waals surface area (Å²) in [6.45, 7) is -0.923. The summed E-state index contributed by atoms with van der Waals surface area (Å²) in [5.41, 5.74) is -0.635. The second kappa shape index (κ2) is 13.2. The van der Waals surface area contributed by atoms with Crippen LogP contribution in [0, 0.1) is 0 Å². The van der Waals surface area contributed by atoms with Crippen molar-refractivity contribution in [1.82, 2.24) is 13.5 Å². The second-order valence-corrected chi connectivity index (χ2v) is 13.6. The first kappa shape index (κ1) is 35.7. The number of carbonyl (C=O) groups is 2. The highest BCUT2D eigenvalue weighted by Crippen LogP contribution is 2.42. The average Bonchev–Trinajstić information content (AvgIpc) is 3.40. The van der Waals surface area contributed by atoms with Gasteiger partial charge in [-0.05, 0) is 35.4 Å². The van der Waals surface area contributed by atoms with Crippen LogP contribution in [-0.4, -0.2) is 52.2 Å². The van der Waals surface area contributed by atoms with E-state index in [9.17, 15) is 28.3 Å². The van der Waals surface area contributed by atoms with Crippen molar-refractivity contribution in [3.05, 3.63) is 104 Å². The first-order chi connectivity index (χ1) is 24.0. The van der Waals surface area contributed by atoms with Crippen LogP contribution < -0.4 is 25.3 Å².